The van der Waals surface area contributed by atoms with E-state index in [1.807, 2.05) is 0 Å². The van der Waals surface area contributed by atoms with Crippen LogP contribution in [0.5, 0.6) is 0 Å². The van der Waals surface area contributed by atoms with Crippen LogP contribution >= 0.6 is 27.3 Å². The fraction of sp³-hybridized carbons (Fsp3) is 0.769. The molecule has 1 N–H and O–H groups in total. The molecule has 3 aliphatic rings. The summed E-state index contributed by atoms with van der Waals surface area (Å²) in [5, 5.41) is 18.2. The Hall–Kier alpha value is -0.960. The normalized spacial score (nSPS) is 34.0. The van der Waals surface area contributed by atoms with Crippen LogP contribution in [-0.4, -0.2) is 56.6 Å². The van der Waals surface area contributed by atoms with E-state index in [1.54, 1.807) is 0 Å². The summed E-state index contributed by atoms with van der Waals surface area (Å²) in [7, 11) is 0. The molecule has 2 aliphatic heterocycles. The molecule has 0 unspecified atom stereocenters. The number of halogens is 2. The Morgan fingerprint density at radius 2 is 2.14 bits per heavy atom. The first kappa shape index (κ1) is 14.6. The van der Waals surface area contributed by atoms with Gasteiger partial charge in [0, 0.05) is 12.1 Å². The number of hydrogen-bond donors (Lipinski definition) is 1. The Morgan fingerprint density at radius 3 is 2.73 bits per heavy atom. The Bertz CT molecular complexity index is 598. The predicted molar refractivity (Wildman–Crippen MR) is 83.1 cm³/mol. The number of piperidine rings is 1. The van der Waals surface area contributed by atoms with Crippen LogP contribution < -0.4 is 4.90 Å². The van der Waals surface area contributed by atoms with Gasteiger partial charge in [0.25, 0.3) is 0 Å². The third kappa shape index (κ3) is 2.29. The lowest BCUT2D eigenvalue weighted by molar-refractivity contribution is 0.0476. The minimum absolute atomic E-state index is 0.0721. The fourth-order valence-electron chi connectivity index (χ4n) is 3.91. The second-order valence-corrected chi connectivity index (χ2v) is 8.44. The van der Waals surface area contributed by atoms with Crippen molar-refractivity contribution in [2.45, 2.75) is 62.4 Å². The second kappa shape index (κ2) is 5.30. The van der Waals surface area contributed by atoms with Crippen molar-refractivity contribution in [2.75, 3.05) is 4.90 Å². The van der Waals surface area contributed by atoms with Gasteiger partial charge in [0.15, 0.2) is 3.92 Å². The van der Waals surface area contributed by atoms with Crippen LogP contribution in [0.4, 0.5) is 14.3 Å². The monoisotopic (exact) mass is 390 g/mol. The molecule has 2 saturated heterocycles. The SMILES string of the molecule is O=C(O)N1[C@@H]2CC[C@H]1[C@H](F)[C@H](N(c1nnc(Br)s1)C1CC1)C2. The Labute approximate surface area is 139 Å². The van der Waals surface area contributed by atoms with Gasteiger partial charge in [-0.15, -0.1) is 10.2 Å². The summed E-state index contributed by atoms with van der Waals surface area (Å²) < 4.78 is 15.8. The van der Waals surface area contributed by atoms with Gasteiger partial charge in [-0.25, -0.2) is 9.18 Å². The quantitative estimate of drug-likeness (QED) is 0.858. The first-order valence-electron chi connectivity index (χ1n) is 7.49. The van der Waals surface area contributed by atoms with Gasteiger partial charge in [-0.05, 0) is 48.0 Å². The molecule has 1 aromatic rings. The molecule has 6 nitrogen and oxygen atoms in total. The van der Waals surface area contributed by atoms with Gasteiger partial charge in [0.05, 0.1) is 12.1 Å². The molecule has 3 heterocycles. The summed E-state index contributed by atoms with van der Waals surface area (Å²) in [6.07, 6.45) is 1.83. The molecule has 0 spiro atoms. The molecule has 2 bridgehead atoms. The van der Waals surface area contributed by atoms with Gasteiger partial charge in [-0.2, -0.15) is 0 Å². The molecular formula is C13H16BrFN4O2S. The lowest BCUT2D eigenvalue weighted by Gasteiger charge is -2.44. The first-order chi connectivity index (χ1) is 10.6. The number of nitrogens with zero attached hydrogens (tertiary/aromatic N) is 4. The van der Waals surface area contributed by atoms with Crippen molar-refractivity contribution in [2.24, 2.45) is 0 Å². The van der Waals surface area contributed by atoms with Crippen molar-refractivity contribution >= 4 is 38.5 Å². The summed E-state index contributed by atoms with van der Waals surface area (Å²) in [4.78, 5) is 14.8. The standard InChI is InChI=1S/C13H16BrFN4O2S/c14-11-16-17-12(22-11)18(6-1-2-6)9-5-7-3-4-8(10(9)15)19(7)13(20)21/h6-10H,1-5H2,(H,20,21)/t7-,8+,9-,10+/m1/s1. The number of hydrogen-bond acceptors (Lipinski definition) is 5. The van der Waals surface area contributed by atoms with Gasteiger partial charge in [-0.3, -0.25) is 4.90 Å². The van der Waals surface area contributed by atoms with E-state index in [2.05, 4.69) is 31.0 Å². The summed E-state index contributed by atoms with van der Waals surface area (Å²) in [5.41, 5.74) is 0. The molecule has 0 aromatic carbocycles. The van der Waals surface area contributed by atoms with Gasteiger partial charge in [0.2, 0.25) is 5.13 Å². The van der Waals surface area contributed by atoms with E-state index in [1.165, 1.54) is 16.2 Å². The van der Waals surface area contributed by atoms with Crippen LogP contribution in [0.15, 0.2) is 3.92 Å². The van der Waals surface area contributed by atoms with Gasteiger partial charge in [0.1, 0.15) is 6.17 Å². The number of anilines is 1. The molecule has 22 heavy (non-hydrogen) atoms. The summed E-state index contributed by atoms with van der Waals surface area (Å²) in [6.45, 7) is 0. The van der Waals surface area contributed by atoms with Crippen molar-refractivity contribution in [3.8, 4) is 0 Å². The van der Waals surface area contributed by atoms with E-state index in [0.717, 1.165) is 24.4 Å². The van der Waals surface area contributed by atoms with Crippen molar-refractivity contribution < 1.29 is 14.3 Å². The average molecular weight is 391 g/mol. The number of amides is 1. The highest BCUT2D eigenvalue weighted by Crippen LogP contribution is 2.44. The van der Waals surface area contributed by atoms with E-state index >= 15 is 4.39 Å². The van der Waals surface area contributed by atoms with Gasteiger partial charge in [-0.1, -0.05) is 11.3 Å². The predicted octanol–water partition coefficient (Wildman–Crippen LogP) is 2.89. The molecule has 1 aromatic heterocycles. The van der Waals surface area contributed by atoms with Crippen LogP contribution in [0, 0.1) is 0 Å². The average Bonchev–Trinajstić information content (AvgIpc) is 3.10. The third-order valence-electron chi connectivity index (χ3n) is 4.92. The Kier molecular flexibility index (Phi) is 3.52. The van der Waals surface area contributed by atoms with Crippen LogP contribution in [0.25, 0.3) is 0 Å². The highest BCUT2D eigenvalue weighted by molar-refractivity contribution is 9.11. The van der Waals surface area contributed by atoms with Crippen molar-refractivity contribution in [1.82, 2.24) is 15.1 Å². The largest absolute Gasteiger partial charge is 0.465 e. The highest BCUT2D eigenvalue weighted by Gasteiger charge is 2.53. The molecular weight excluding hydrogens is 375 g/mol. The molecule has 4 atom stereocenters. The molecule has 1 aliphatic carbocycles. The number of aromatic nitrogens is 2. The van der Waals surface area contributed by atoms with E-state index in [9.17, 15) is 9.90 Å². The number of rotatable bonds is 3. The minimum atomic E-state index is -1.17. The molecule has 3 fully saturated rings. The van der Waals surface area contributed by atoms with Gasteiger partial charge < -0.3 is 10.0 Å². The highest BCUT2D eigenvalue weighted by atomic mass is 79.9. The lowest BCUT2D eigenvalue weighted by atomic mass is 9.94. The van der Waals surface area contributed by atoms with E-state index in [-0.39, 0.29) is 12.1 Å². The summed E-state index contributed by atoms with van der Waals surface area (Å²) in [5.74, 6) is 0. The topological polar surface area (TPSA) is 69.6 Å². The van der Waals surface area contributed by atoms with Gasteiger partial charge >= 0.3 is 6.09 Å². The van der Waals surface area contributed by atoms with E-state index < -0.39 is 18.3 Å². The van der Waals surface area contributed by atoms with Crippen molar-refractivity contribution in [3.05, 3.63) is 3.92 Å². The van der Waals surface area contributed by atoms with Crippen LogP contribution in [0.2, 0.25) is 0 Å². The summed E-state index contributed by atoms with van der Waals surface area (Å²) >= 11 is 4.73. The van der Waals surface area contributed by atoms with Crippen LogP contribution in [0.3, 0.4) is 0 Å². The lowest BCUT2D eigenvalue weighted by Crippen LogP contribution is -2.59. The third-order valence-corrected chi connectivity index (χ3v) is 6.29. The smallest absolute Gasteiger partial charge is 0.407 e. The molecule has 1 saturated carbocycles. The molecule has 120 valence electrons. The minimum Gasteiger partial charge on any atom is -0.465 e. The zero-order valence-electron chi connectivity index (χ0n) is 11.7. The number of alkyl halides is 1. The number of carboxylic acid groups (broad SMARTS) is 1. The van der Waals surface area contributed by atoms with Crippen molar-refractivity contribution in [1.29, 1.82) is 0 Å². The Balaban J connectivity index is 1.63. The fourth-order valence-corrected chi connectivity index (χ4v) is 5.13. The van der Waals surface area contributed by atoms with E-state index in [0.29, 0.717) is 22.8 Å². The number of fused-ring (bicyclic) bond motifs is 2. The molecule has 9 heteroatoms. The maximum absolute atomic E-state index is 15.1. The maximum atomic E-state index is 15.1. The summed E-state index contributed by atoms with van der Waals surface area (Å²) in [6, 6.07) is -0.560. The van der Waals surface area contributed by atoms with Crippen molar-refractivity contribution in [3.63, 3.8) is 0 Å². The maximum Gasteiger partial charge on any atom is 0.407 e. The molecule has 1 amide bonds. The molecule has 0 radical (unpaired) electrons. The molecule has 4 rings (SSSR count). The zero-order valence-corrected chi connectivity index (χ0v) is 14.1. The Morgan fingerprint density at radius 1 is 1.36 bits per heavy atom. The second-order valence-electron chi connectivity index (χ2n) is 6.21. The van der Waals surface area contributed by atoms with E-state index in [4.69, 9.17) is 0 Å². The van der Waals surface area contributed by atoms with Crippen LogP contribution in [-0.2, 0) is 0 Å². The van der Waals surface area contributed by atoms with Crippen LogP contribution in [0.1, 0.15) is 32.1 Å². The first-order valence-corrected chi connectivity index (χ1v) is 9.10. The zero-order chi connectivity index (χ0) is 15.4. The number of carbonyl (C=O) groups is 1.